The summed E-state index contributed by atoms with van der Waals surface area (Å²) in [6.45, 7) is 0. The van der Waals surface area contributed by atoms with Crippen LogP contribution in [0.15, 0.2) is 24.7 Å². The molecule has 56 valence electrons. The van der Waals surface area contributed by atoms with Crippen LogP contribution in [0.5, 0.6) is 0 Å². The van der Waals surface area contributed by atoms with E-state index in [0.717, 1.165) is 19.3 Å². The highest BCUT2D eigenvalue weighted by Crippen LogP contribution is 2.11. The minimum Gasteiger partial charge on any atom is -0.245 e. The van der Waals surface area contributed by atoms with Gasteiger partial charge in [0.15, 0.2) is 0 Å². The predicted octanol–water partition coefficient (Wildman–Crippen LogP) is 1.52. The molecular formula is C9H10N2. The molecule has 1 heterocycles. The maximum absolute atomic E-state index is 4.22. The molecule has 11 heavy (non-hydrogen) atoms. The Morgan fingerprint density at radius 2 is 2.27 bits per heavy atom. The molecular weight excluding hydrogens is 136 g/mol. The van der Waals surface area contributed by atoms with Crippen molar-refractivity contribution >= 4 is 0 Å². The Hall–Kier alpha value is -1.18. The third-order valence-electron chi connectivity index (χ3n) is 1.94. The van der Waals surface area contributed by atoms with Gasteiger partial charge in [0.1, 0.15) is 6.33 Å². The summed E-state index contributed by atoms with van der Waals surface area (Å²) >= 11 is 0. The Balaban J connectivity index is 2.40. The fourth-order valence-electron chi connectivity index (χ4n) is 1.33. The molecule has 2 heteroatoms. The lowest BCUT2D eigenvalue weighted by Crippen LogP contribution is -1.95. The Morgan fingerprint density at radius 3 is 3.27 bits per heavy atom. The van der Waals surface area contributed by atoms with Crippen molar-refractivity contribution in [2.24, 2.45) is 0 Å². The zero-order valence-electron chi connectivity index (χ0n) is 6.33. The van der Waals surface area contributed by atoms with E-state index in [-0.39, 0.29) is 0 Å². The Bertz CT molecular complexity index is 279. The topological polar surface area (TPSA) is 25.8 Å². The van der Waals surface area contributed by atoms with Gasteiger partial charge < -0.3 is 0 Å². The van der Waals surface area contributed by atoms with Crippen LogP contribution in [0, 0.1) is 0 Å². The second-order valence-corrected chi connectivity index (χ2v) is 2.71. The number of rotatable bonds is 0. The van der Waals surface area contributed by atoms with Gasteiger partial charge in [-0.1, -0.05) is 12.2 Å². The zero-order chi connectivity index (χ0) is 7.52. The Labute approximate surface area is 66.0 Å². The van der Waals surface area contributed by atoms with Crippen molar-refractivity contribution in [3.8, 4) is 0 Å². The molecule has 0 radical (unpaired) electrons. The summed E-state index contributed by atoms with van der Waals surface area (Å²) in [7, 11) is 0. The van der Waals surface area contributed by atoms with Crippen LogP contribution in [0.4, 0.5) is 0 Å². The second kappa shape index (κ2) is 2.82. The summed E-state index contributed by atoms with van der Waals surface area (Å²) < 4.78 is 0. The number of nitrogens with zero attached hydrogens (tertiary/aromatic N) is 2. The number of aromatic nitrogens is 2. The van der Waals surface area contributed by atoms with Gasteiger partial charge in [-0.25, -0.2) is 9.97 Å². The standard InChI is InChI=1S/C9H10N2/c1-2-4-8-6-10-7-11-9(8)5-3-1/h1,3,6-7H,2,4-5H2. The van der Waals surface area contributed by atoms with Gasteiger partial charge in [-0.05, 0) is 18.4 Å². The molecule has 0 unspecified atom stereocenters. The van der Waals surface area contributed by atoms with Crippen molar-refractivity contribution in [3.63, 3.8) is 0 Å². The van der Waals surface area contributed by atoms with Gasteiger partial charge in [0.25, 0.3) is 0 Å². The summed E-state index contributed by atoms with van der Waals surface area (Å²) in [4.78, 5) is 8.22. The maximum Gasteiger partial charge on any atom is 0.115 e. The molecule has 0 N–H and O–H groups in total. The number of hydrogen-bond acceptors (Lipinski definition) is 2. The highest BCUT2D eigenvalue weighted by atomic mass is 14.8. The molecule has 0 atom stereocenters. The highest BCUT2D eigenvalue weighted by molar-refractivity contribution is 5.21. The molecule has 0 aliphatic heterocycles. The Kier molecular flexibility index (Phi) is 1.68. The van der Waals surface area contributed by atoms with E-state index in [4.69, 9.17) is 0 Å². The molecule has 1 aromatic rings. The predicted molar refractivity (Wildman–Crippen MR) is 43.2 cm³/mol. The molecule has 0 spiro atoms. The minimum atomic E-state index is 0.970. The molecule has 1 aromatic heterocycles. The van der Waals surface area contributed by atoms with Gasteiger partial charge in [0.2, 0.25) is 0 Å². The molecule has 0 saturated heterocycles. The van der Waals surface area contributed by atoms with Gasteiger partial charge >= 0.3 is 0 Å². The third-order valence-corrected chi connectivity index (χ3v) is 1.94. The molecule has 1 aliphatic rings. The first-order valence-corrected chi connectivity index (χ1v) is 3.89. The summed E-state index contributed by atoms with van der Waals surface area (Å²) in [5, 5.41) is 0. The third kappa shape index (κ3) is 1.29. The van der Waals surface area contributed by atoms with Crippen LogP contribution < -0.4 is 0 Å². The SMILES string of the molecule is C1=CCc2ncncc2CC1. The maximum atomic E-state index is 4.22. The van der Waals surface area contributed by atoms with Crippen LogP contribution in [-0.2, 0) is 12.8 Å². The minimum absolute atomic E-state index is 0.970. The first kappa shape index (κ1) is 6.53. The lowest BCUT2D eigenvalue weighted by molar-refractivity contribution is 0.939. The molecule has 2 rings (SSSR count). The molecule has 0 saturated carbocycles. The van der Waals surface area contributed by atoms with E-state index in [9.17, 15) is 0 Å². The van der Waals surface area contributed by atoms with E-state index in [2.05, 4.69) is 22.1 Å². The lowest BCUT2D eigenvalue weighted by Gasteiger charge is -2.00. The number of hydrogen-bond donors (Lipinski definition) is 0. The molecule has 1 aliphatic carbocycles. The lowest BCUT2D eigenvalue weighted by atomic mass is 10.1. The van der Waals surface area contributed by atoms with E-state index in [1.54, 1.807) is 6.33 Å². The number of aryl methyl sites for hydroxylation is 1. The second-order valence-electron chi connectivity index (χ2n) is 2.71. The van der Waals surface area contributed by atoms with Crippen molar-refractivity contribution in [1.29, 1.82) is 0 Å². The molecule has 0 aromatic carbocycles. The molecule has 0 bridgehead atoms. The van der Waals surface area contributed by atoms with Crippen molar-refractivity contribution < 1.29 is 0 Å². The van der Waals surface area contributed by atoms with Crippen LogP contribution >= 0.6 is 0 Å². The van der Waals surface area contributed by atoms with Crippen molar-refractivity contribution in [2.45, 2.75) is 19.3 Å². The average molecular weight is 146 g/mol. The molecule has 0 fully saturated rings. The van der Waals surface area contributed by atoms with E-state index >= 15 is 0 Å². The van der Waals surface area contributed by atoms with Crippen molar-refractivity contribution in [1.82, 2.24) is 9.97 Å². The Morgan fingerprint density at radius 1 is 1.27 bits per heavy atom. The summed E-state index contributed by atoms with van der Waals surface area (Å²) in [5.74, 6) is 0. The van der Waals surface area contributed by atoms with E-state index < -0.39 is 0 Å². The van der Waals surface area contributed by atoms with E-state index in [1.165, 1.54) is 11.3 Å². The van der Waals surface area contributed by atoms with Crippen LogP contribution in [0.1, 0.15) is 17.7 Å². The summed E-state index contributed by atoms with van der Waals surface area (Å²) in [5.41, 5.74) is 2.49. The van der Waals surface area contributed by atoms with Crippen molar-refractivity contribution in [2.75, 3.05) is 0 Å². The van der Waals surface area contributed by atoms with Gasteiger partial charge in [-0.3, -0.25) is 0 Å². The van der Waals surface area contributed by atoms with Crippen molar-refractivity contribution in [3.05, 3.63) is 35.9 Å². The highest BCUT2D eigenvalue weighted by Gasteiger charge is 2.03. The monoisotopic (exact) mass is 146 g/mol. The quantitative estimate of drug-likeness (QED) is 0.518. The fourth-order valence-corrected chi connectivity index (χ4v) is 1.33. The number of fused-ring (bicyclic) bond motifs is 1. The first-order chi connectivity index (χ1) is 5.47. The smallest absolute Gasteiger partial charge is 0.115 e. The van der Waals surface area contributed by atoms with Gasteiger partial charge in [0.05, 0.1) is 5.69 Å². The van der Waals surface area contributed by atoms with Gasteiger partial charge in [-0.15, -0.1) is 0 Å². The normalized spacial score (nSPS) is 15.6. The van der Waals surface area contributed by atoms with Crippen LogP contribution in [0.2, 0.25) is 0 Å². The fraction of sp³-hybridized carbons (Fsp3) is 0.333. The van der Waals surface area contributed by atoms with Gasteiger partial charge in [-0.2, -0.15) is 0 Å². The van der Waals surface area contributed by atoms with Crippen LogP contribution in [-0.4, -0.2) is 9.97 Å². The molecule has 2 nitrogen and oxygen atoms in total. The first-order valence-electron chi connectivity index (χ1n) is 3.89. The van der Waals surface area contributed by atoms with Crippen LogP contribution in [0.3, 0.4) is 0 Å². The largest absolute Gasteiger partial charge is 0.245 e. The number of allylic oxidation sites excluding steroid dienone is 2. The zero-order valence-corrected chi connectivity index (χ0v) is 6.33. The average Bonchev–Trinajstić information content (AvgIpc) is 2.28. The van der Waals surface area contributed by atoms with E-state index in [1.807, 2.05) is 6.20 Å². The van der Waals surface area contributed by atoms with E-state index in [0.29, 0.717) is 0 Å². The summed E-state index contributed by atoms with van der Waals surface area (Å²) in [6.07, 6.45) is 11.1. The van der Waals surface area contributed by atoms with Gasteiger partial charge in [0, 0.05) is 12.6 Å². The van der Waals surface area contributed by atoms with Crippen LogP contribution in [0.25, 0.3) is 0 Å². The molecule has 0 amide bonds. The summed E-state index contributed by atoms with van der Waals surface area (Å²) in [6, 6.07) is 0.